The van der Waals surface area contributed by atoms with Crippen molar-refractivity contribution in [1.29, 1.82) is 0 Å². The van der Waals surface area contributed by atoms with Crippen molar-refractivity contribution in [2.75, 3.05) is 13.1 Å². The number of nitrogens with one attached hydrogen (secondary N) is 1. The number of benzene rings is 1. The lowest BCUT2D eigenvalue weighted by Crippen LogP contribution is -2.38. The molecule has 0 spiro atoms. The standard InChI is InChI=1S/C20H27N3/c1-2-4-16(5-3-1)12-17-6-7-20-18(13-17)8-10-23(20)11-9-19-14-21-15-22-19/h1-5,14-15,17-18,20H,6-13H2,(H,21,22). The molecule has 1 aliphatic heterocycles. The van der Waals surface area contributed by atoms with Crippen LogP contribution >= 0.6 is 0 Å². The van der Waals surface area contributed by atoms with Crippen LogP contribution in [0.3, 0.4) is 0 Å². The zero-order valence-corrected chi connectivity index (χ0v) is 13.8. The minimum absolute atomic E-state index is 0.838. The summed E-state index contributed by atoms with van der Waals surface area (Å²) in [6.07, 6.45) is 11.8. The van der Waals surface area contributed by atoms with Gasteiger partial charge in [0.1, 0.15) is 0 Å². The Morgan fingerprint density at radius 1 is 1.13 bits per heavy atom. The molecule has 23 heavy (non-hydrogen) atoms. The minimum Gasteiger partial charge on any atom is -0.348 e. The molecule has 3 atom stereocenters. The number of hydrogen-bond acceptors (Lipinski definition) is 2. The number of hydrogen-bond donors (Lipinski definition) is 1. The van der Waals surface area contributed by atoms with Crippen LogP contribution in [-0.4, -0.2) is 34.0 Å². The summed E-state index contributed by atoms with van der Waals surface area (Å²) in [7, 11) is 0. The van der Waals surface area contributed by atoms with E-state index in [2.05, 4.69) is 45.2 Å². The van der Waals surface area contributed by atoms with Crippen molar-refractivity contribution in [2.45, 2.75) is 44.6 Å². The SMILES string of the molecule is c1ccc(CC2CCC3C(CCN3CCc3cnc[nH]3)C2)cc1. The van der Waals surface area contributed by atoms with E-state index in [1.807, 2.05) is 6.20 Å². The van der Waals surface area contributed by atoms with Gasteiger partial charge in [-0.25, -0.2) is 4.98 Å². The molecule has 3 nitrogen and oxygen atoms in total. The number of aromatic amines is 1. The van der Waals surface area contributed by atoms with Gasteiger partial charge in [0, 0.05) is 30.9 Å². The van der Waals surface area contributed by atoms with E-state index in [1.54, 1.807) is 6.33 Å². The van der Waals surface area contributed by atoms with Crippen molar-refractivity contribution >= 4 is 0 Å². The fraction of sp³-hybridized carbons (Fsp3) is 0.550. The zero-order chi connectivity index (χ0) is 15.5. The highest BCUT2D eigenvalue weighted by Gasteiger charge is 2.38. The van der Waals surface area contributed by atoms with Gasteiger partial charge in [-0.3, -0.25) is 4.90 Å². The first kappa shape index (κ1) is 14.9. The highest BCUT2D eigenvalue weighted by atomic mass is 15.2. The summed E-state index contributed by atoms with van der Waals surface area (Å²) in [6.45, 7) is 2.48. The topological polar surface area (TPSA) is 31.9 Å². The van der Waals surface area contributed by atoms with Crippen LogP contribution in [0.25, 0.3) is 0 Å². The third-order valence-corrected chi connectivity index (χ3v) is 5.90. The fourth-order valence-electron chi connectivity index (χ4n) is 4.73. The zero-order valence-electron chi connectivity index (χ0n) is 13.8. The van der Waals surface area contributed by atoms with E-state index in [0.717, 1.165) is 24.3 Å². The summed E-state index contributed by atoms with van der Waals surface area (Å²) in [4.78, 5) is 10.1. The molecule has 3 heteroatoms. The Bertz CT molecular complexity index is 593. The normalized spacial score (nSPS) is 27.9. The molecule has 4 rings (SSSR count). The maximum atomic E-state index is 4.12. The molecule has 1 aromatic carbocycles. The smallest absolute Gasteiger partial charge is 0.0921 e. The Kier molecular flexibility index (Phi) is 4.47. The van der Waals surface area contributed by atoms with Crippen LogP contribution in [0.5, 0.6) is 0 Å². The van der Waals surface area contributed by atoms with Gasteiger partial charge in [-0.05, 0) is 56.0 Å². The van der Waals surface area contributed by atoms with E-state index in [4.69, 9.17) is 0 Å². The van der Waals surface area contributed by atoms with E-state index in [1.165, 1.54) is 56.5 Å². The molecule has 2 aliphatic rings. The van der Waals surface area contributed by atoms with Gasteiger partial charge in [-0.15, -0.1) is 0 Å². The molecule has 2 fully saturated rings. The summed E-state index contributed by atoms with van der Waals surface area (Å²) < 4.78 is 0. The van der Waals surface area contributed by atoms with Crippen LogP contribution < -0.4 is 0 Å². The number of aromatic nitrogens is 2. The Hall–Kier alpha value is -1.61. The second kappa shape index (κ2) is 6.88. The molecule has 1 aromatic heterocycles. The lowest BCUT2D eigenvalue weighted by atomic mass is 9.76. The van der Waals surface area contributed by atoms with Crippen LogP contribution in [0.15, 0.2) is 42.9 Å². The molecular weight excluding hydrogens is 282 g/mol. The predicted molar refractivity (Wildman–Crippen MR) is 93.2 cm³/mol. The monoisotopic (exact) mass is 309 g/mol. The first-order valence-electron chi connectivity index (χ1n) is 9.14. The maximum absolute atomic E-state index is 4.12. The molecule has 3 unspecified atom stereocenters. The first-order valence-corrected chi connectivity index (χ1v) is 9.14. The van der Waals surface area contributed by atoms with Crippen LogP contribution in [0.2, 0.25) is 0 Å². The van der Waals surface area contributed by atoms with Crippen molar-refractivity contribution in [1.82, 2.24) is 14.9 Å². The predicted octanol–water partition coefficient (Wildman–Crippen LogP) is 3.69. The summed E-state index contributed by atoms with van der Waals surface area (Å²) in [5.74, 6) is 1.82. The van der Waals surface area contributed by atoms with Gasteiger partial charge in [-0.1, -0.05) is 30.3 Å². The Morgan fingerprint density at radius 3 is 2.87 bits per heavy atom. The summed E-state index contributed by atoms with van der Waals surface area (Å²) in [5, 5.41) is 0. The second-order valence-electron chi connectivity index (χ2n) is 7.35. The van der Waals surface area contributed by atoms with Crippen LogP contribution in [0.4, 0.5) is 0 Å². The number of H-pyrrole nitrogens is 1. The number of rotatable bonds is 5. The summed E-state index contributed by atoms with van der Waals surface area (Å²) in [6, 6.07) is 11.9. The van der Waals surface area contributed by atoms with E-state index in [9.17, 15) is 0 Å². The van der Waals surface area contributed by atoms with Crippen molar-refractivity contribution < 1.29 is 0 Å². The lowest BCUT2D eigenvalue weighted by molar-refractivity contribution is 0.152. The van der Waals surface area contributed by atoms with Gasteiger partial charge in [0.15, 0.2) is 0 Å². The van der Waals surface area contributed by atoms with E-state index >= 15 is 0 Å². The Morgan fingerprint density at radius 2 is 2.04 bits per heavy atom. The van der Waals surface area contributed by atoms with Crippen molar-refractivity contribution in [3.8, 4) is 0 Å². The Labute approximate surface area is 139 Å². The second-order valence-corrected chi connectivity index (χ2v) is 7.35. The van der Waals surface area contributed by atoms with Gasteiger partial charge in [0.25, 0.3) is 0 Å². The van der Waals surface area contributed by atoms with Gasteiger partial charge < -0.3 is 4.98 Å². The molecule has 0 bridgehead atoms. The van der Waals surface area contributed by atoms with Crippen molar-refractivity contribution in [2.24, 2.45) is 11.8 Å². The summed E-state index contributed by atoms with van der Waals surface area (Å²) in [5.41, 5.74) is 2.79. The third kappa shape index (κ3) is 3.50. The molecule has 1 aliphatic carbocycles. The highest BCUT2D eigenvalue weighted by molar-refractivity contribution is 5.15. The highest BCUT2D eigenvalue weighted by Crippen LogP contribution is 2.40. The summed E-state index contributed by atoms with van der Waals surface area (Å²) >= 11 is 0. The van der Waals surface area contributed by atoms with Gasteiger partial charge in [0.2, 0.25) is 0 Å². The molecule has 1 N–H and O–H groups in total. The number of likely N-dealkylation sites (tertiary alicyclic amines) is 1. The van der Waals surface area contributed by atoms with Gasteiger partial charge >= 0.3 is 0 Å². The number of imidazole rings is 1. The minimum atomic E-state index is 0.838. The molecule has 1 saturated heterocycles. The van der Waals surface area contributed by atoms with Crippen LogP contribution in [0, 0.1) is 11.8 Å². The largest absolute Gasteiger partial charge is 0.348 e. The number of fused-ring (bicyclic) bond motifs is 1. The average Bonchev–Trinajstić information content (AvgIpc) is 3.23. The molecule has 0 radical (unpaired) electrons. The average molecular weight is 309 g/mol. The van der Waals surface area contributed by atoms with E-state index in [0.29, 0.717) is 0 Å². The Balaban J connectivity index is 1.30. The van der Waals surface area contributed by atoms with Crippen LogP contribution in [-0.2, 0) is 12.8 Å². The lowest BCUT2D eigenvalue weighted by Gasteiger charge is -2.36. The van der Waals surface area contributed by atoms with Crippen molar-refractivity contribution in [3.05, 3.63) is 54.1 Å². The quantitative estimate of drug-likeness (QED) is 0.913. The maximum Gasteiger partial charge on any atom is 0.0921 e. The molecule has 1 saturated carbocycles. The molecule has 2 heterocycles. The molecule has 2 aromatic rings. The van der Waals surface area contributed by atoms with Crippen LogP contribution in [0.1, 0.15) is 36.9 Å². The van der Waals surface area contributed by atoms with Gasteiger partial charge in [0.05, 0.1) is 6.33 Å². The fourth-order valence-corrected chi connectivity index (χ4v) is 4.73. The van der Waals surface area contributed by atoms with Gasteiger partial charge in [-0.2, -0.15) is 0 Å². The van der Waals surface area contributed by atoms with E-state index in [-0.39, 0.29) is 0 Å². The molecule has 0 amide bonds. The molecule has 122 valence electrons. The third-order valence-electron chi connectivity index (χ3n) is 5.90. The first-order chi connectivity index (χ1) is 11.4. The number of nitrogens with zero attached hydrogens (tertiary/aromatic N) is 2. The van der Waals surface area contributed by atoms with Crippen molar-refractivity contribution in [3.63, 3.8) is 0 Å². The van der Waals surface area contributed by atoms with E-state index < -0.39 is 0 Å². The molecular formula is C20H27N3.